The predicted molar refractivity (Wildman–Crippen MR) is 63.2 cm³/mol. The van der Waals surface area contributed by atoms with Gasteiger partial charge in [0.1, 0.15) is 15.8 Å². The molecule has 0 aliphatic heterocycles. The van der Waals surface area contributed by atoms with Crippen LogP contribution in [0, 0.1) is 0 Å². The van der Waals surface area contributed by atoms with E-state index in [1.54, 1.807) is 26.2 Å². The number of ether oxygens (including phenoxy) is 3. The third-order valence-electron chi connectivity index (χ3n) is 1.98. The fourth-order valence-corrected chi connectivity index (χ4v) is 1.93. The summed E-state index contributed by atoms with van der Waals surface area (Å²) in [6.45, 7) is 2.08. The van der Waals surface area contributed by atoms with Crippen LogP contribution in [0.1, 0.15) is 17.3 Å². The number of esters is 1. The molecular formula is C11H13BrO4. The van der Waals surface area contributed by atoms with Crippen LogP contribution in [0.3, 0.4) is 0 Å². The van der Waals surface area contributed by atoms with E-state index in [-0.39, 0.29) is 0 Å². The normalized spacial score (nSPS) is 9.75. The molecule has 4 nitrogen and oxygen atoms in total. The lowest BCUT2D eigenvalue weighted by Crippen LogP contribution is -2.07. The Morgan fingerprint density at radius 2 is 2.00 bits per heavy atom. The van der Waals surface area contributed by atoms with Crippen LogP contribution in [-0.4, -0.2) is 26.8 Å². The van der Waals surface area contributed by atoms with Gasteiger partial charge >= 0.3 is 5.97 Å². The van der Waals surface area contributed by atoms with Gasteiger partial charge in [-0.3, -0.25) is 0 Å². The van der Waals surface area contributed by atoms with E-state index < -0.39 is 5.97 Å². The van der Waals surface area contributed by atoms with E-state index in [2.05, 4.69) is 15.9 Å². The van der Waals surface area contributed by atoms with E-state index in [1.165, 1.54) is 7.11 Å². The van der Waals surface area contributed by atoms with Crippen molar-refractivity contribution in [1.29, 1.82) is 0 Å². The van der Waals surface area contributed by atoms with Crippen molar-refractivity contribution in [2.75, 3.05) is 20.8 Å². The molecule has 0 aromatic heterocycles. The van der Waals surface area contributed by atoms with Gasteiger partial charge in [0, 0.05) is 0 Å². The van der Waals surface area contributed by atoms with Gasteiger partial charge < -0.3 is 14.2 Å². The molecule has 0 atom stereocenters. The van der Waals surface area contributed by atoms with Crippen LogP contribution >= 0.6 is 15.9 Å². The average molecular weight is 289 g/mol. The number of rotatable bonds is 4. The Hall–Kier alpha value is -1.23. The smallest absolute Gasteiger partial charge is 0.341 e. The fraction of sp³-hybridized carbons (Fsp3) is 0.364. The second kappa shape index (κ2) is 5.75. The first-order chi connectivity index (χ1) is 7.65. The van der Waals surface area contributed by atoms with Crippen molar-refractivity contribution in [1.82, 2.24) is 0 Å². The second-order valence-corrected chi connectivity index (χ2v) is 3.68. The fourth-order valence-electron chi connectivity index (χ4n) is 1.26. The Bertz CT molecular complexity index is 390. The lowest BCUT2D eigenvalue weighted by Gasteiger charge is -2.12. The predicted octanol–water partition coefficient (Wildman–Crippen LogP) is 2.64. The highest BCUT2D eigenvalue weighted by molar-refractivity contribution is 9.10. The first-order valence-electron chi connectivity index (χ1n) is 4.73. The Morgan fingerprint density at radius 3 is 2.50 bits per heavy atom. The third-order valence-corrected chi connectivity index (χ3v) is 2.73. The van der Waals surface area contributed by atoms with Crippen LogP contribution in [0.2, 0.25) is 0 Å². The zero-order valence-corrected chi connectivity index (χ0v) is 11.0. The van der Waals surface area contributed by atoms with Gasteiger partial charge in [-0.2, -0.15) is 0 Å². The van der Waals surface area contributed by atoms with Crippen molar-refractivity contribution < 1.29 is 19.0 Å². The summed E-state index contributed by atoms with van der Waals surface area (Å²) < 4.78 is 15.8. The molecule has 0 saturated carbocycles. The molecule has 1 aromatic carbocycles. The zero-order valence-electron chi connectivity index (χ0n) is 9.37. The third kappa shape index (κ3) is 2.47. The van der Waals surface area contributed by atoms with Crippen molar-refractivity contribution >= 4 is 21.9 Å². The molecule has 0 aliphatic rings. The van der Waals surface area contributed by atoms with Crippen LogP contribution in [-0.2, 0) is 4.74 Å². The summed E-state index contributed by atoms with van der Waals surface area (Å²) in [6, 6.07) is 3.29. The molecular weight excluding hydrogens is 276 g/mol. The van der Waals surface area contributed by atoms with Gasteiger partial charge in [-0.1, -0.05) is 0 Å². The Kier molecular flexibility index (Phi) is 4.61. The van der Waals surface area contributed by atoms with E-state index in [1.807, 2.05) is 0 Å². The van der Waals surface area contributed by atoms with Crippen molar-refractivity contribution in [2.45, 2.75) is 6.92 Å². The van der Waals surface area contributed by atoms with Gasteiger partial charge in [0.15, 0.2) is 5.75 Å². The highest BCUT2D eigenvalue weighted by atomic mass is 79.9. The topological polar surface area (TPSA) is 44.8 Å². The average Bonchev–Trinajstić information content (AvgIpc) is 2.28. The molecule has 0 N–H and O–H groups in total. The molecule has 88 valence electrons. The maximum atomic E-state index is 11.6. The molecule has 0 unspecified atom stereocenters. The summed E-state index contributed by atoms with van der Waals surface area (Å²) in [4.78, 5) is 11.6. The van der Waals surface area contributed by atoms with Crippen molar-refractivity contribution in [3.63, 3.8) is 0 Å². The minimum absolute atomic E-state index is 0.325. The number of methoxy groups -OCH3 is 2. The van der Waals surface area contributed by atoms with Crippen LogP contribution in [0.25, 0.3) is 0 Å². The lowest BCUT2D eigenvalue weighted by molar-refractivity contribution is 0.0522. The summed E-state index contributed by atoms with van der Waals surface area (Å²) >= 11 is 3.31. The molecule has 0 spiro atoms. The largest absolute Gasteiger partial charge is 0.495 e. The molecule has 0 amide bonds. The molecule has 0 bridgehead atoms. The van der Waals surface area contributed by atoms with Crippen LogP contribution in [0.15, 0.2) is 16.6 Å². The number of carbonyl (C=O) groups excluding carboxylic acids is 1. The number of carbonyl (C=O) groups is 1. The summed E-state index contributed by atoms with van der Waals surface area (Å²) in [5.41, 5.74) is 0.372. The Morgan fingerprint density at radius 1 is 1.31 bits per heavy atom. The summed E-state index contributed by atoms with van der Waals surface area (Å²) in [7, 11) is 3.03. The van der Waals surface area contributed by atoms with E-state index in [4.69, 9.17) is 14.2 Å². The molecule has 0 heterocycles. The maximum Gasteiger partial charge on any atom is 0.341 e. The van der Waals surface area contributed by atoms with Gasteiger partial charge in [0.2, 0.25) is 0 Å². The molecule has 5 heteroatoms. The van der Waals surface area contributed by atoms with E-state index >= 15 is 0 Å². The molecule has 0 saturated heterocycles. The number of halogens is 1. The minimum atomic E-state index is -0.414. The number of hydrogen-bond acceptors (Lipinski definition) is 4. The SMILES string of the molecule is CCOC(=O)c1ccc(OC)c(Br)c1OC. The first kappa shape index (κ1) is 12.8. The molecule has 0 fully saturated rings. The summed E-state index contributed by atoms with van der Waals surface area (Å²) in [6.07, 6.45) is 0. The number of hydrogen-bond donors (Lipinski definition) is 0. The summed E-state index contributed by atoms with van der Waals surface area (Å²) in [5, 5.41) is 0. The zero-order chi connectivity index (χ0) is 12.1. The van der Waals surface area contributed by atoms with Gasteiger partial charge in [0.05, 0.1) is 20.8 Å². The maximum absolute atomic E-state index is 11.6. The van der Waals surface area contributed by atoms with E-state index in [0.29, 0.717) is 28.1 Å². The standard InChI is InChI=1S/C11H13BrO4/c1-4-16-11(13)7-5-6-8(14-2)9(12)10(7)15-3/h5-6H,4H2,1-3H3. The van der Waals surface area contributed by atoms with Gasteiger partial charge in [-0.05, 0) is 35.0 Å². The molecule has 1 rings (SSSR count). The molecule has 0 aliphatic carbocycles. The minimum Gasteiger partial charge on any atom is -0.495 e. The van der Waals surface area contributed by atoms with Crippen molar-refractivity contribution in [3.8, 4) is 11.5 Å². The monoisotopic (exact) mass is 288 g/mol. The van der Waals surface area contributed by atoms with E-state index in [0.717, 1.165) is 0 Å². The molecule has 16 heavy (non-hydrogen) atoms. The highest BCUT2D eigenvalue weighted by Gasteiger charge is 2.18. The highest BCUT2D eigenvalue weighted by Crippen LogP contribution is 2.37. The molecule has 0 radical (unpaired) electrons. The van der Waals surface area contributed by atoms with Gasteiger partial charge in [-0.25, -0.2) is 4.79 Å². The van der Waals surface area contributed by atoms with Crippen molar-refractivity contribution in [2.24, 2.45) is 0 Å². The molecule has 1 aromatic rings. The lowest BCUT2D eigenvalue weighted by atomic mass is 10.2. The van der Waals surface area contributed by atoms with Crippen molar-refractivity contribution in [3.05, 3.63) is 22.2 Å². The van der Waals surface area contributed by atoms with Crippen LogP contribution < -0.4 is 9.47 Å². The van der Waals surface area contributed by atoms with Gasteiger partial charge in [-0.15, -0.1) is 0 Å². The number of benzene rings is 1. The van der Waals surface area contributed by atoms with E-state index in [9.17, 15) is 4.79 Å². The first-order valence-corrected chi connectivity index (χ1v) is 5.52. The Balaban J connectivity index is 3.20. The summed E-state index contributed by atoms with van der Waals surface area (Å²) in [5.74, 6) is 0.602. The van der Waals surface area contributed by atoms with Gasteiger partial charge in [0.25, 0.3) is 0 Å². The van der Waals surface area contributed by atoms with Crippen LogP contribution in [0.4, 0.5) is 0 Å². The Labute approximate surface area is 103 Å². The second-order valence-electron chi connectivity index (χ2n) is 2.88. The quantitative estimate of drug-likeness (QED) is 0.799. The van der Waals surface area contributed by atoms with Crippen LogP contribution in [0.5, 0.6) is 11.5 Å².